The predicted octanol–water partition coefficient (Wildman–Crippen LogP) is 6.20. The van der Waals surface area contributed by atoms with Crippen molar-refractivity contribution in [3.8, 4) is 0 Å². The average Bonchev–Trinajstić information content (AvgIpc) is 2.74. The molecule has 0 saturated heterocycles. The monoisotopic (exact) mass is 472 g/mol. The summed E-state index contributed by atoms with van der Waals surface area (Å²) in [5.41, 5.74) is 0.789. The Labute approximate surface area is 206 Å². The van der Waals surface area contributed by atoms with Crippen molar-refractivity contribution in [2.75, 3.05) is 0 Å². The van der Waals surface area contributed by atoms with E-state index in [0.717, 1.165) is 51.4 Å². The molecule has 0 heterocycles. The molecule has 4 fully saturated rings. The molecule has 0 aromatic carbocycles. The van der Waals surface area contributed by atoms with E-state index < -0.39 is 23.6 Å². The Morgan fingerprint density at radius 2 is 1.53 bits per heavy atom. The van der Waals surface area contributed by atoms with E-state index in [-0.39, 0.29) is 27.1 Å². The van der Waals surface area contributed by atoms with Gasteiger partial charge >= 0.3 is 5.97 Å². The maximum Gasteiger partial charge on any atom is 0.309 e. The zero-order valence-corrected chi connectivity index (χ0v) is 22.6. The molecule has 5 aliphatic rings. The van der Waals surface area contributed by atoms with Gasteiger partial charge in [-0.25, -0.2) is 0 Å². The lowest BCUT2D eigenvalue weighted by molar-refractivity contribution is -0.243. The number of carbonyl (C=O) groups is 1. The molecule has 34 heavy (non-hydrogen) atoms. The van der Waals surface area contributed by atoms with E-state index in [4.69, 9.17) is 0 Å². The summed E-state index contributed by atoms with van der Waals surface area (Å²) in [6.07, 6.45) is 10.0. The fourth-order valence-electron chi connectivity index (χ4n) is 10.5. The molecule has 10 atom stereocenters. The molecule has 0 aromatic rings. The molecule has 192 valence electrons. The number of hydrogen-bond donors (Lipinski definition) is 3. The van der Waals surface area contributed by atoms with Crippen molar-refractivity contribution in [2.24, 2.45) is 50.2 Å². The lowest BCUT2D eigenvalue weighted by Crippen LogP contribution is -2.68. The number of rotatable bonds is 1. The molecule has 0 aromatic heterocycles. The van der Waals surface area contributed by atoms with Gasteiger partial charge in [-0.1, -0.05) is 53.2 Å². The van der Waals surface area contributed by atoms with Crippen LogP contribution in [0.1, 0.15) is 106 Å². The predicted molar refractivity (Wildman–Crippen MR) is 134 cm³/mol. The molecule has 0 aliphatic heterocycles. The number of aliphatic carboxylic acids is 1. The van der Waals surface area contributed by atoms with Gasteiger partial charge in [0.25, 0.3) is 0 Å². The number of aliphatic hydroxyl groups is 2. The van der Waals surface area contributed by atoms with Crippen LogP contribution in [-0.4, -0.2) is 33.5 Å². The van der Waals surface area contributed by atoms with Crippen molar-refractivity contribution < 1.29 is 20.1 Å². The van der Waals surface area contributed by atoms with Gasteiger partial charge in [-0.2, -0.15) is 0 Å². The van der Waals surface area contributed by atoms with Crippen LogP contribution in [0.5, 0.6) is 0 Å². The third kappa shape index (κ3) is 2.82. The van der Waals surface area contributed by atoms with Crippen LogP contribution >= 0.6 is 0 Å². The van der Waals surface area contributed by atoms with Crippen LogP contribution in [0, 0.1) is 50.2 Å². The minimum Gasteiger partial charge on any atom is -0.481 e. The number of aliphatic hydroxyl groups excluding tert-OH is 2. The van der Waals surface area contributed by atoms with Crippen molar-refractivity contribution in [3.63, 3.8) is 0 Å². The van der Waals surface area contributed by atoms with Crippen molar-refractivity contribution in [2.45, 2.75) is 118 Å². The van der Waals surface area contributed by atoms with Gasteiger partial charge in [0.1, 0.15) is 0 Å². The average molecular weight is 473 g/mol. The van der Waals surface area contributed by atoms with Crippen LogP contribution in [-0.2, 0) is 4.79 Å². The zero-order valence-electron chi connectivity index (χ0n) is 22.6. The van der Waals surface area contributed by atoms with E-state index in [9.17, 15) is 20.1 Å². The highest BCUT2D eigenvalue weighted by atomic mass is 16.4. The Balaban J connectivity index is 1.59. The summed E-state index contributed by atoms with van der Waals surface area (Å²) in [6.45, 7) is 16.1. The maximum atomic E-state index is 12.2. The lowest BCUT2D eigenvalue weighted by atomic mass is 9.33. The summed E-state index contributed by atoms with van der Waals surface area (Å²) in [5, 5.41) is 32.5. The Bertz CT molecular complexity index is 923. The van der Waals surface area contributed by atoms with Crippen LogP contribution < -0.4 is 0 Å². The van der Waals surface area contributed by atoms with Gasteiger partial charge in [-0.3, -0.25) is 4.79 Å². The van der Waals surface area contributed by atoms with Crippen LogP contribution in [0.4, 0.5) is 0 Å². The molecule has 4 saturated carbocycles. The van der Waals surface area contributed by atoms with Crippen molar-refractivity contribution in [3.05, 3.63) is 11.6 Å². The Kier molecular flexibility index (Phi) is 5.20. The molecule has 0 amide bonds. The van der Waals surface area contributed by atoms with Gasteiger partial charge in [0, 0.05) is 11.8 Å². The number of hydrogen-bond acceptors (Lipinski definition) is 3. The standard InChI is InChI=1S/C30H48O4/c1-25(2)20-10-11-29(6)21(30(20,7)23(32)16-22(25)31)9-8-18-19-17-27(4,24(33)34)13-12-26(19,3)14-15-28(18,29)5/h8,19-23,31-32H,9-17H2,1-7H3,(H,33,34)/t19-,20?,21-,22-,23-,26+,27-,28+,29+,30-/m0/s1. The quantitative estimate of drug-likeness (QED) is 0.397. The SMILES string of the molecule is CC1(C)C2CC[C@]3(C)[C@H](CC=C4[C@@H]5C[C@@](C)(C(=O)O)CC[C@]5(C)CC[C@]43C)[C@@]2(C)[C@@H](O)C[C@@H]1O. The highest BCUT2D eigenvalue weighted by Gasteiger charge is 2.70. The smallest absolute Gasteiger partial charge is 0.309 e. The van der Waals surface area contributed by atoms with Gasteiger partial charge in [-0.15, -0.1) is 0 Å². The second-order valence-electron chi connectivity index (χ2n) is 15.0. The van der Waals surface area contributed by atoms with Gasteiger partial charge in [-0.05, 0) is 97.7 Å². The number of fused-ring (bicyclic) bond motifs is 7. The molecule has 4 nitrogen and oxygen atoms in total. The molecule has 1 unspecified atom stereocenters. The molecule has 4 heteroatoms. The first kappa shape index (κ1) is 24.8. The summed E-state index contributed by atoms with van der Waals surface area (Å²) >= 11 is 0. The second kappa shape index (κ2) is 7.12. The third-order valence-electron chi connectivity index (χ3n) is 13.4. The summed E-state index contributed by atoms with van der Waals surface area (Å²) < 4.78 is 0. The molecule has 0 spiro atoms. The van der Waals surface area contributed by atoms with E-state index >= 15 is 0 Å². The zero-order chi connectivity index (χ0) is 25.1. The lowest BCUT2D eigenvalue weighted by Gasteiger charge is -2.72. The van der Waals surface area contributed by atoms with E-state index in [1.165, 1.54) is 0 Å². The summed E-state index contributed by atoms with van der Waals surface area (Å²) in [5.74, 6) is 0.364. The van der Waals surface area contributed by atoms with Crippen LogP contribution in [0.3, 0.4) is 0 Å². The topological polar surface area (TPSA) is 77.8 Å². The largest absolute Gasteiger partial charge is 0.481 e. The van der Waals surface area contributed by atoms with Crippen molar-refractivity contribution in [1.82, 2.24) is 0 Å². The molecular formula is C30H48O4. The molecule has 5 aliphatic carbocycles. The van der Waals surface area contributed by atoms with Gasteiger partial charge in [0.2, 0.25) is 0 Å². The minimum atomic E-state index is -0.638. The normalized spacial score (nSPS) is 56.3. The minimum absolute atomic E-state index is 0.0325. The van der Waals surface area contributed by atoms with Gasteiger partial charge in [0.15, 0.2) is 0 Å². The first-order valence-corrected chi connectivity index (χ1v) is 13.9. The van der Waals surface area contributed by atoms with Gasteiger partial charge < -0.3 is 15.3 Å². The highest BCUT2D eigenvalue weighted by Crippen LogP contribution is 2.75. The Morgan fingerprint density at radius 1 is 0.882 bits per heavy atom. The number of carboxylic acids is 1. The van der Waals surface area contributed by atoms with Crippen LogP contribution in [0.25, 0.3) is 0 Å². The van der Waals surface area contributed by atoms with Crippen LogP contribution in [0.15, 0.2) is 11.6 Å². The van der Waals surface area contributed by atoms with E-state index in [2.05, 4.69) is 47.6 Å². The number of allylic oxidation sites excluding steroid dienone is 2. The molecular weight excluding hydrogens is 424 g/mol. The summed E-state index contributed by atoms with van der Waals surface area (Å²) in [7, 11) is 0. The molecule has 5 rings (SSSR count). The van der Waals surface area contributed by atoms with Crippen molar-refractivity contribution in [1.29, 1.82) is 0 Å². The molecule has 0 radical (unpaired) electrons. The fourth-order valence-corrected chi connectivity index (χ4v) is 10.5. The summed E-state index contributed by atoms with van der Waals surface area (Å²) in [4.78, 5) is 12.2. The van der Waals surface area contributed by atoms with E-state index in [0.29, 0.717) is 24.2 Å². The third-order valence-corrected chi connectivity index (χ3v) is 13.4. The highest BCUT2D eigenvalue weighted by molar-refractivity contribution is 5.74. The Hall–Kier alpha value is -0.870. The van der Waals surface area contributed by atoms with Crippen molar-refractivity contribution >= 4 is 5.97 Å². The Morgan fingerprint density at radius 3 is 2.18 bits per heavy atom. The summed E-state index contributed by atoms with van der Waals surface area (Å²) in [6, 6.07) is 0. The first-order valence-electron chi connectivity index (χ1n) is 13.9. The fraction of sp³-hybridized carbons (Fsp3) is 0.900. The molecule has 3 N–H and O–H groups in total. The number of carboxylic acid groups (broad SMARTS) is 1. The van der Waals surface area contributed by atoms with E-state index in [1.807, 2.05) is 6.92 Å². The molecule has 0 bridgehead atoms. The van der Waals surface area contributed by atoms with Crippen LogP contribution in [0.2, 0.25) is 0 Å². The maximum absolute atomic E-state index is 12.2. The van der Waals surface area contributed by atoms with E-state index in [1.54, 1.807) is 5.57 Å². The van der Waals surface area contributed by atoms with Gasteiger partial charge in [0.05, 0.1) is 17.6 Å². The first-order chi connectivity index (χ1) is 15.6. The second-order valence-corrected chi connectivity index (χ2v) is 15.0.